The van der Waals surface area contributed by atoms with Gasteiger partial charge in [-0.2, -0.15) is 0 Å². The Kier molecular flexibility index (Phi) is 6.31. The van der Waals surface area contributed by atoms with Crippen molar-refractivity contribution in [2.24, 2.45) is 5.73 Å². The van der Waals surface area contributed by atoms with E-state index < -0.39 is 11.6 Å². The largest absolute Gasteiger partial charge is 0.353 e. The molecule has 0 atom stereocenters. The predicted octanol–water partition coefficient (Wildman–Crippen LogP) is 0.723. The van der Waals surface area contributed by atoms with Crippen LogP contribution in [0.3, 0.4) is 0 Å². The van der Waals surface area contributed by atoms with E-state index in [2.05, 4.69) is 0 Å². The highest BCUT2D eigenvalue weighted by Crippen LogP contribution is 2.25. The van der Waals surface area contributed by atoms with Crippen molar-refractivity contribution in [1.29, 1.82) is 0 Å². The number of nitrogens with two attached hydrogens (primary N) is 1. The summed E-state index contributed by atoms with van der Waals surface area (Å²) >= 11 is 0. The zero-order valence-corrected chi connectivity index (χ0v) is 10.3. The second kappa shape index (κ2) is 6.40. The Bertz CT molecular complexity index is 159. The molecular weight excluding hydrogens is 198 g/mol. The first-order chi connectivity index (χ1) is 7.01. The third-order valence-electron chi connectivity index (χ3n) is 2.88. The van der Waals surface area contributed by atoms with Gasteiger partial charge in [-0.15, -0.1) is 0 Å². The fourth-order valence-corrected chi connectivity index (χ4v) is 1.26. The van der Waals surface area contributed by atoms with Crippen molar-refractivity contribution in [2.45, 2.75) is 31.3 Å². The summed E-state index contributed by atoms with van der Waals surface area (Å²) in [7, 11) is 6.36. The number of hydrogen-bond donors (Lipinski definition) is 1. The van der Waals surface area contributed by atoms with Gasteiger partial charge in [-0.3, -0.25) is 0 Å². The molecule has 5 heteroatoms. The van der Waals surface area contributed by atoms with Gasteiger partial charge >= 0.3 is 0 Å². The predicted molar refractivity (Wildman–Crippen MR) is 57.5 cm³/mol. The van der Waals surface area contributed by atoms with Crippen molar-refractivity contribution >= 4 is 0 Å². The summed E-state index contributed by atoms with van der Waals surface area (Å²) in [5.41, 5.74) is 5.61. The second-order valence-corrected chi connectivity index (χ2v) is 3.57. The third-order valence-corrected chi connectivity index (χ3v) is 2.88. The van der Waals surface area contributed by atoms with E-state index in [1.54, 1.807) is 28.4 Å². The van der Waals surface area contributed by atoms with Crippen molar-refractivity contribution in [1.82, 2.24) is 0 Å². The SMILES string of the molecule is COC(C)(CCC(CN)(OC)OC)OC. The van der Waals surface area contributed by atoms with E-state index in [4.69, 9.17) is 24.7 Å². The van der Waals surface area contributed by atoms with Crippen LogP contribution in [0.2, 0.25) is 0 Å². The summed E-state index contributed by atoms with van der Waals surface area (Å²) in [5.74, 6) is -1.38. The molecule has 92 valence electrons. The summed E-state index contributed by atoms with van der Waals surface area (Å²) < 4.78 is 21.0. The van der Waals surface area contributed by atoms with Gasteiger partial charge < -0.3 is 24.7 Å². The van der Waals surface area contributed by atoms with Gasteiger partial charge in [-0.1, -0.05) is 0 Å². The first kappa shape index (κ1) is 14.8. The average molecular weight is 221 g/mol. The first-order valence-electron chi connectivity index (χ1n) is 4.92. The van der Waals surface area contributed by atoms with Gasteiger partial charge in [0.15, 0.2) is 11.6 Å². The van der Waals surface area contributed by atoms with Crippen LogP contribution in [-0.4, -0.2) is 46.6 Å². The van der Waals surface area contributed by atoms with E-state index in [1.165, 1.54) is 0 Å². The topological polar surface area (TPSA) is 62.9 Å². The molecule has 0 bridgehead atoms. The van der Waals surface area contributed by atoms with Crippen LogP contribution in [0.25, 0.3) is 0 Å². The second-order valence-electron chi connectivity index (χ2n) is 3.57. The smallest absolute Gasteiger partial charge is 0.180 e. The van der Waals surface area contributed by atoms with Gasteiger partial charge in [-0.25, -0.2) is 0 Å². The number of rotatable bonds is 8. The molecule has 0 unspecified atom stereocenters. The van der Waals surface area contributed by atoms with Gasteiger partial charge in [0.1, 0.15) is 0 Å². The van der Waals surface area contributed by atoms with Crippen LogP contribution in [0.15, 0.2) is 0 Å². The van der Waals surface area contributed by atoms with Crippen LogP contribution >= 0.6 is 0 Å². The molecule has 0 aliphatic heterocycles. The van der Waals surface area contributed by atoms with E-state index in [9.17, 15) is 0 Å². The van der Waals surface area contributed by atoms with Gasteiger partial charge in [0.05, 0.1) is 0 Å². The Labute approximate surface area is 91.8 Å². The van der Waals surface area contributed by atoms with Crippen LogP contribution in [0.1, 0.15) is 19.8 Å². The third kappa shape index (κ3) is 4.04. The molecule has 0 aromatic rings. The molecule has 0 rings (SSSR count). The molecule has 0 aromatic heterocycles. The highest BCUT2D eigenvalue weighted by atomic mass is 16.7. The van der Waals surface area contributed by atoms with Gasteiger partial charge in [0, 0.05) is 47.8 Å². The Morgan fingerprint density at radius 1 is 0.867 bits per heavy atom. The summed E-state index contributed by atoms with van der Waals surface area (Å²) in [6, 6.07) is 0. The highest BCUT2D eigenvalue weighted by molar-refractivity contribution is 4.74. The molecule has 0 radical (unpaired) electrons. The quantitative estimate of drug-likeness (QED) is 0.612. The van der Waals surface area contributed by atoms with Crippen LogP contribution in [-0.2, 0) is 18.9 Å². The Hall–Kier alpha value is -0.200. The van der Waals surface area contributed by atoms with Gasteiger partial charge in [-0.05, 0) is 6.92 Å². The lowest BCUT2D eigenvalue weighted by molar-refractivity contribution is -0.238. The van der Waals surface area contributed by atoms with E-state index >= 15 is 0 Å². The van der Waals surface area contributed by atoms with Crippen molar-refractivity contribution in [3.8, 4) is 0 Å². The van der Waals surface area contributed by atoms with Crippen LogP contribution in [0, 0.1) is 0 Å². The normalized spacial score (nSPS) is 13.2. The average Bonchev–Trinajstić information content (AvgIpc) is 2.31. The van der Waals surface area contributed by atoms with E-state index in [1.807, 2.05) is 6.92 Å². The summed E-state index contributed by atoms with van der Waals surface area (Å²) in [5, 5.41) is 0. The zero-order valence-electron chi connectivity index (χ0n) is 10.3. The standard InChI is InChI=1S/C10H23NO4/c1-9(12-2,13-3)6-7-10(8-11,14-4)15-5/h6-8,11H2,1-5H3. The Balaban J connectivity index is 4.32. The van der Waals surface area contributed by atoms with Gasteiger partial charge in [0.25, 0.3) is 0 Å². The van der Waals surface area contributed by atoms with E-state index in [-0.39, 0.29) is 0 Å². The Morgan fingerprint density at radius 2 is 1.33 bits per heavy atom. The lowest BCUT2D eigenvalue weighted by atomic mass is 10.1. The number of ether oxygens (including phenoxy) is 4. The highest BCUT2D eigenvalue weighted by Gasteiger charge is 2.33. The molecule has 0 fully saturated rings. The molecule has 0 spiro atoms. The molecule has 0 aliphatic carbocycles. The minimum atomic E-state index is -0.752. The van der Waals surface area contributed by atoms with Crippen molar-refractivity contribution in [3.63, 3.8) is 0 Å². The molecular formula is C10H23NO4. The minimum Gasteiger partial charge on any atom is -0.353 e. The molecule has 0 aromatic carbocycles. The first-order valence-corrected chi connectivity index (χ1v) is 4.92. The summed E-state index contributed by atoms with van der Waals surface area (Å²) in [6.45, 7) is 2.16. The van der Waals surface area contributed by atoms with Crippen LogP contribution in [0.4, 0.5) is 0 Å². The maximum atomic E-state index is 5.61. The summed E-state index contributed by atoms with van der Waals surface area (Å²) in [6.07, 6.45) is 1.24. The molecule has 0 heterocycles. The van der Waals surface area contributed by atoms with E-state index in [0.29, 0.717) is 19.4 Å². The van der Waals surface area contributed by atoms with Crippen molar-refractivity contribution in [3.05, 3.63) is 0 Å². The molecule has 2 N–H and O–H groups in total. The lowest BCUT2D eigenvalue weighted by Crippen LogP contribution is -2.44. The van der Waals surface area contributed by atoms with Crippen molar-refractivity contribution < 1.29 is 18.9 Å². The molecule has 0 saturated carbocycles. The molecule has 15 heavy (non-hydrogen) atoms. The van der Waals surface area contributed by atoms with Gasteiger partial charge in [0.2, 0.25) is 0 Å². The van der Waals surface area contributed by atoms with Crippen LogP contribution in [0.5, 0.6) is 0 Å². The monoisotopic (exact) mass is 221 g/mol. The number of hydrogen-bond acceptors (Lipinski definition) is 5. The summed E-state index contributed by atoms with van der Waals surface area (Å²) in [4.78, 5) is 0. The van der Waals surface area contributed by atoms with Crippen LogP contribution < -0.4 is 5.73 Å². The zero-order chi connectivity index (χ0) is 11.9. The minimum absolute atomic E-state index is 0.295. The molecule has 0 saturated heterocycles. The maximum Gasteiger partial charge on any atom is 0.180 e. The lowest BCUT2D eigenvalue weighted by Gasteiger charge is -2.34. The maximum absolute atomic E-state index is 5.61. The number of methoxy groups -OCH3 is 4. The fourth-order valence-electron chi connectivity index (χ4n) is 1.26. The van der Waals surface area contributed by atoms with Crippen molar-refractivity contribution in [2.75, 3.05) is 35.0 Å². The molecule has 0 aliphatic rings. The van der Waals surface area contributed by atoms with E-state index in [0.717, 1.165) is 0 Å². The fraction of sp³-hybridized carbons (Fsp3) is 1.00. The molecule has 5 nitrogen and oxygen atoms in total. The molecule has 0 amide bonds. The Morgan fingerprint density at radius 3 is 1.60 bits per heavy atom.